The molecule has 29 heavy (non-hydrogen) atoms. The highest BCUT2D eigenvalue weighted by atomic mass is 32.2. The smallest absolute Gasteiger partial charge is 0.232 e. The quantitative estimate of drug-likeness (QED) is 0.568. The largest absolute Gasteiger partial charge is 0.497 e. The molecule has 0 aliphatic carbocycles. The maximum absolute atomic E-state index is 12.7. The SMILES string of the molecule is COc1ccc(N2CC(c3nc(-c4ccc(SC)cc4)no3)CC2=O)c(OC)c1. The molecule has 0 saturated carbocycles. The van der Waals surface area contributed by atoms with Gasteiger partial charge in [0.15, 0.2) is 0 Å². The zero-order valence-corrected chi connectivity index (χ0v) is 17.2. The topological polar surface area (TPSA) is 77.7 Å². The molecular formula is C21H21N3O4S. The molecule has 7 nitrogen and oxygen atoms in total. The molecule has 0 bridgehead atoms. The van der Waals surface area contributed by atoms with Crippen molar-refractivity contribution < 1.29 is 18.8 Å². The van der Waals surface area contributed by atoms with Gasteiger partial charge in [-0.2, -0.15) is 4.98 Å². The van der Waals surface area contributed by atoms with Crippen LogP contribution in [0.1, 0.15) is 18.2 Å². The Kier molecular flexibility index (Phi) is 5.44. The molecule has 1 saturated heterocycles. The number of nitrogens with zero attached hydrogens (tertiary/aromatic N) is 3. The molecular weight excluding hydrogens is 390 g/mol. The third kappa shape index (κ3) is 3.80. The average Bonchev–Trinajstić information content (AvgIpc) is 3.40. The van der Waals surface area contributed by atoms with Crippen molar-refractivity contribution in [2.75, 3.05) is 31.9 Å². The minimum Gasteiger partial charge on any atom is -0.497 e. The van der Waals surface area contributed by atoms with Gasteiger partial charge in [0, 0.05) is 29.5 Å². The van der Waals surface area contributed by atoms with Gasteiger partial charge in [0.25, 0.3) is 0 Å². The van der Waals surface area contributed by atoms with Gasteiger partial charge in [0.2, 0.25) is 17.6 Å². The predicted molar refractivity (Wildman–Crippen MR) is 111 cm³/mol. The summed E-state index contributed by atoms with van der Waals surface area (Å²) in [6.45, 7) is 0.453. The average molecular weight is 411 g/mol. The van der Waals surface area contributed by atoms with Gasteiger partial charge in [-0.3, -0.25) is 4.79 Å². The van der Waals surface area contributed by atoms with Crippen LogP contribution in [0.15, 0.2) is 51.9 Å². The predicted octanol–water partition coefficient (Wildman–Crippen LogP) is 4.00. The van der Waals surface area contributed by atoms with Crippen molar-refractivity contribution in [3.8, 4) is 22.9 Å². The number of aromatic nitrogens is 2. The first-order chi connectivity index (χ1) is 14.1. The van der Waals surface area contributed by atoms with Gasteiger partial charge in [0.1, 0.15) is 11.5 Å². The Hall–Kier alpha value is -3.00. The maximum atomic E-state index is 12.7. The molecule has 0 N–H and O–H groups in total. The van der Waals surface area contributed by atoms with Crippen molar-refractivity contribution in [3.05, 3.63) is 48.4 Å². The zero-order valence-electron chi connectivity index (χ0n) is 16.4. The molecule has 1 fully saturated rings. The van der Waals surface area contributed by atoms with Crippen molar-refractivity contribution in [2.24, 2.45) is 0 Å². The lowest BCUT2D eigenvalue weighted by Crippen LogP contribution is -2.24. The second-order valence-electron chi connectivity index (χ2n) is 6.63. The van der Waals surface area contributed by atoms with E-state index in [4.69, 9.17) is 14.0 Å². The molecule has 0 radical (unpaired) electrons. The fraction of sp³-hybridized carbons (Fsp3) is 0.286. The number of methoxy groups -OCH3 is 2. The van der Waals surface area contributed by atoms with Crippen molar-refractivity contribution >= 4 is 23.4 Å². The van der Waals surface area contributed by atoms with E-state index in [0.29, 0.717) is 41.9 Å². The summed E-state index contributed by atoms with van der Waals surface area (Å²) < 4.78 is 16.2. The van der Waals surface area contributed by atoms with Crippen LogP contribution in [0.5, 0.6) is 11.5 Å². The highest BCUT2D eigenvalue weighted by Crippen LogP contribution is 2.38. The fourth-order valence-corrected chi connectivity index (χ4v) is 3.78. The number of rotatable bonds is 6. The Morgan fingerprint density at radius 3 is 2.62 bits per heavy atom. The lowest BCUT2D eigenvalue weighted by Gasteiger charge is -2.19. The van der Waals surface area contributed by atoms with Crippen LogP contribution < -0.4 is 14.4 Å². The molecule has 150 valence electrons. The van der Waals surface area contributed by atoms with E-state index in [1.807, 2.05) is 42.7 Å². The van der Waals surface area contributed by atoms with E-state index >= 15 is 0 Å². The molecule has 1 aliphatic heterocycles. The number of hydrogen-bond donors (Lipinski definition) is 0. The lowest BCUT2D eigenvalue weighted by atomic mass is 10.1. The van der Waals surface area contributed by atoms with Crippen molar-refractivity contribution in [1.29, 1.82) is 0 Å². The molecule has 0 spiro atoms. The molecule has 1 unspecified atom stereocenters. The summed E-state index contributed by atoms with van der Waals surface area (Å²) in [6.07, 6.45) is 2.34. The number of hydrogen-bond acceptors (Lipinski definition) is 7. The van der Waals surface area contributed by atoms with E-state index < -0.39 is 0 Å². The third-order valence-electron chi connectivity index (χ3n) is 4.94. The number of carbonyl (C=O) groups excluding carboxylic acids is 1. The van der Waals surface area contributed by atoms with Crippen LogP contribution in [0.4, 0.5) is 5.69 Å². The summed E-state index contributed by atoms with van der Waals surface area (Å²) in [4.78, 5) is 20.1. The number of amides is 1. The Balaban J connectivity index is 1.55. The number of carbonyl (C=O) groups is 1. The van der Waals surface area contributed by atoms with Crippen LogP contribution >= 0.6 is 11.8 Å². The molecule has 2 aromatic carbocycles. The van der Waals surface area contributed by atoms with Gasteiger partial charge in [-0.15, -0.1) is 11.8 Å². The first kappa shape index (κ1) is 19.3. The molecule has 1 aromatic heterocycles. The number of benzene rings is 2. The van der Waals surface area contributed by atoms with E-state index in [1.54, 1.807) is 36.9 Å². The third-order valence-corrected chi connectivity index (χ3v) is 5.69. The van der Waals surface area contributed by atoms with E-state index in [0.717, 1.165) is 5.56 Å². The highest BCUT2D eigenvalue weighted by Gasteiger charge is 2.36. The van der Waals surface area contributed by atoms with Crippen LogP contribution in [0.25, 0.3) is 11.4 Å². The molecule has 3 aromatic rings. The summed E-state index contributed by atoms with van der Waals surface area (Å²) in [5.41, 5.74) is 1.59. The Morgan fingerprint density at radius 1 is 1.14 bits per heavy atom. The molecule has 4 rings (SSSR count). The first-order valence-electron chi connectivity index (χ1n) is 9.13. The monoisotopic (exact) mass is 411 g/mol. The maximum Gasteiger partial charge on any atom is 0.232 e. The van der Waals surface area contributed by atoms with Gasteiger partial charge in [-0.1, -0.05) is 5.16 Å². The highest BCUT2D eigenvalue weighted by molar-refractivity contribution is 7.98. The second kappa shape index (κ2) is 8.16. The van der Waals surface area contributed by atoms with Crippen LogP contribution in [0, 0.1) is 0 Å². The van der Waals surface area contributed by atoms with E-state index in [2.05, 4.69) is 10.1 Å². The van der Waals surface area contributed by atoms with Gasteiger partial charge in [-0.05, 0) is 42.7 Å². The van der Waals surface area contributed by atoms with Crippen molar-refractivity contribution in [1.82, 2.24) is 10.1 Å². The summed E-state index contributed by atoms with van der Waals surface area (Å²) in [5, 5.41) is 4.10. The summed E-state index contributed by atoms with van der Waals surface area (Å²) >= 11 is 1.68. The minimum absolute atomic E-state index is 0.0115. The summed E-state index contributed by atoms with van der Waals surface area (Å²) in [6, 6.07) is 13.4. The Bertz CT molecular complexity index is 1020. The molecule has 1 atom stereocenters. The first-order valence-corrected chi connectivity index (χ1v) is 10.4. The zero-order chi connectivity index (χ0) is 20.4. The fourth-order valence-electron chi connectivity index (χ4n) is 3.37. The summed E-state index contributed by atoms with van der Waals surface area (Å²) in [5.74, 6) is 2.07. The van der Waals surface area contributed by atoms with Crippen molar-refractivity contribution in [3.63, 3.8) is 0 Å². The summed E-state index contributed by atoms with van der Waals surface area (Å²) in [7, 11) is 3.16. The van der Waals surface area contributed by atoms with E-state index in [1.165, 1.54) is 4.90 Å². The number of anilines is 1. The van der Waals surface area contributed by atoms with E-state index in [-0.39, 0.29) is 11.8 Å². The Morgan fingerprint density at radius 2 is 1.93 bits per heavy atom. The van der Waals surface area contributed by atoms with Gasteiger partial charge < -0.3 is 18.9 Å². The minimum atomic E-state index is -0.166. The normalized spacial score (nSPS) is 16.3. The van der Waals surface area contributed by atoms with Crippen molar-refractivity contribution in [2.45, 2.75) is 17.2 Å². The molecule has 1 aliphatic rings. The molecule has 2 heterocycles. The van der Waals surface area contributed by atoms with Crippen LogP contribution in [-0.4, -0.2) is 43.1 Å². The van der Waals surface area contributed by atoms with Gasteiger partial charge >= 0.3 is 0 Å². The lowest BCUT2D eigenvalue weighted by molar-refractivity contribution is -0.117. The molecule has 1 amide bonds. The van der Waals surface area contributed by atoms with Gasteiger partial charge in [-0.25, -0.2) is 0 Å². The number of thioether (sulfide) groups is 1. The van der Waals surface area contributed by atoms with Gasteiger partial charge in [0.05, 0.1) is 25.8 Å². The van der Waals surface area contributed by atoms with Crippen LogP contribution in [0.3, 0.4) is 0 Å². The van der Waals surface area contributed by atoms with E-state index in [9.17, 15) is 4.79 Å². The molecule has 8 heteroatoms. The Labute approximate surface area is 173 Å². The number of ether oxygens (including phenoxy) is 2. The van der Waals surface area contributed by atoms with Crippen LogP contribution in [-0.2, 0) is 4.79 Å². The standard InChI is InChI=1S/C21H21N3O4S/c1-26-15-6-9-17(18(11-15)27-2)24-12-14(10-19(24)25)21-22-20(23-28-21)13-4-7-16(29-3)8-5-13/h4-9,11,14H,10,12H2,1-3H3. The van der Waals surface area contributed by atoms with Crippen LogP contribution in [0.2, 0.25) is 0 Å². The second-order valence-corrected chi connectivity index (χ2v) is 7.51.